The van der Waals surface area contributed by atoms with Gasteiger partial charge in [-0.2, -0.15) is 0 Å². The third-order valence-electron chi connectivity index (χ3n) is 3.55. The molecule has 3 N–H and O–H groups in total. The van der Waals surface area contributed by atoms with E-state index < -0.39 is 0 Å². The van der Waals surface area contributed by atoms with Crippen molar-refractivity contribution in [2.24, 2.45) is 11.7 Å². The Kier molecular flexibility index (Phi) is 3.79. The Morgan fingerprint density at radius 3 is 2.74 bits per heavy atom. The highest BCUT2D eigenvalue weighted by Gasteiger charge is 2.21. The number of aromatic amines is 1. The smallest absolute Gasteiger partial charge is 0.218 e. The predicted octanol–water partition coefficient (Wildman–Crippen LogP) is 2.79. The average Bonchev–Trinajstić information content (AvgIpc) is 2.77. The molecule has 1 aromatic heterocycles. The average molecular weight is 260 g/mol. The van der Waals surface area contributed by atoms with E-state index in [1.807, 2.05) is 24.4 Å². The van der Waals surface area contributed by atoms with Crippen molar-refractivity contribution in [3.63, 3.8) is 0 Å². The Balaban J connectivity index is 2.49. The van der Waals surface area contributed by atoms with Gasteiger partial charge in [-0.1, -0.05) is 13.8 Å². The van der Waals surface area contributed by atoms with Crippen molar-refractivity contribution in [3.8, 4) is 5.75 Å². The fourth-order valence-corrected chi connectivity index (χ4v) is 2.48. The third kappa shape index (κ3) is 2.72. The van der Waals surface area contributed by atoms with Crippen molar-refractivity contribution in [3.05, 3.63) is 30.0 Å². The van der Waals surface area contributed by atoms with E-state index in [0.717, 1.165) is 22.2 Å². The second-order valence-electron chi connectivity index (χ2n) is 5.18. The van der Waals surface area contributed by atoms with Crippen molar-refractivity contribution in [1.82, 2.24) is 4.98 Å². The molecule has 0 saturated carbocycles. The molecule has 1 heterocycles. The number of ether oxygens (including phenoxy) is 1. The van der Waals surface area contributed by atoms with Gasteiger partial charge in [0.2, 0.25) is 5.91 Å². The molecule has 0 aliphatic heterocycles. The van der Waals surface area contributed by atoms with Gasteiger partial charge in [-0.3, -0.25) is 4.79 Å². The first-order valence-electron chi connectivity index (χ1n) is 6.46. The van der Waals surface area contributed by atoms with Gasteiger partial charge in [-0.05, 0) is 35.6 Å². The zero-order valence-corrected chi connectivity index (χ0v) is 11.6. The molecule has 1 unspecified atom stereocenters. The molecule has 1 amide bonds. The number of rotatable bonds is 5. The lowest BCUT2D eigenvalue weighted by atomic mass is 9.85. The summed E-state index contributed by atoms with van der Waals surface area (Å²) in [5.41, 5.74) is 7.54. The molecule has 1 aromatic carbocycles. The molecule has 0 aliphatic carbocycles. The lowest BCUT2D eigenvalue weighted by molar-refractivity contribution is -0.118. The monoisotopic (exact) mass is 260 g/mol. The number of benzene rings is 1. The maximum Gasteiger partial charge on any atom is 0.218 e. The van der Waals surface area contributed by atoms with Gasteiger partial charge in [0.15, 0.2) is 0 Å². The standard InChI is InChI=1S/C15H20N2O2/c1-9(2)11(7-15(16)18)13-8-17-14-5-4-10(19-3)6-12(13)14/h4-6,8-9,11,17H,7H2,1-3H3,(H2,16,18). The number of methoxy groups -OCH3 is 1. The number of nitrogens with one attached hydrogen (secondary N) is 1. The number of carbonyl (C=O) groups is 1. The minimum Gasteiger partial charge on any atom is -0.497 e. The molecule has 2 aromatic rings. The molecular formula is C15H20N2O2. The molecule has 0 aliphatic rings. The summed E-state index contributed by atoms with van der Waals surface area (Å²) in [6, 6.07) is 5.90. The SMILES string of the molecule is COc1ccc2[nH]cc(C(CC(N)=O)C(C)C)c2c1. The minimum atomic E-state index is -0.268. The highest BCUT2D eigenvalue weighted by molar-refractivity contribution is 5.86. The quantitative estimate of drug-likeness (QED) is 0.868. The van der Waals surface area contributed by atoms with Crippen LogP contribution in [0.1, 0.15) is 31.7 Å². The Morgan fingerprint density at radius 2 is 2.16 bits per heavy atom. The van der Waals surface area contributed by atoms with E-state index in [2.05, 4.69) is 18.8 Å². The Bertz CT molecular complexity index is 587. The van der Waals surface area contributed by atoms with Gasteiger partial charge in [0.1, 0.15) is 5.75 Å². The van der Waals surface area contributed by atoms with Gasteiger partial charge in [-0.15, -0.1) is 0 Å². The van der Waals surface area contributed by atoms with E-state index >= 15 is 0 Å². The second kappa shape index (κ2) is 5.34. The van der Waals surface area contributed by atoms with Crippen LogP contribution < -0.4 is 10.5 Å². The normalized spacial score (nSPS) is 12.8. The Labute approximate surface area is 112 Å². The number of amides is 1. The van der Waals surface area contributed by atoms with E-state index in [0.29, 0.717) is 12.3 Å². The highest BCUT2D eigenvalue weighted by atomic mass is 16.5. The van der Waals surface area contributed by atoms with Crippen molar-refractivity contribution in [2.75, 3.05) is 7.11 Å². The molecule has 0 saturated heterocycles. The van der Waals surface area contributed by atoms with Crippen LogP contribution in [0.2, 0.25) is 0 Å². The number of hydrogen-bond acceptors (Lipinski definition) is 2. The fourth-order valence-electron chi connectivity index (χ4n) is 2.48. The van der Waals surface area contributed by atoms with Gasteiger partial charge in [0.25, 0.3) is 0 Å². The molecular weight excluding hydrogens is 240 g/mol. The summed E-state index contributed by atoms with van der Waals surface area (Å²) in [5, 5.41) is 1.10. The summed E-state index contributed by atoms with van der Waals surface area (Å²) in [6.07, 6.45) is 2.33. The number of H-pyrrole nitrogens is 1. The van der Waals surface area contributed by atoms with Crippen LogP contribution >= 0.6 is 0 Å². The number of aromatic nitrogens is 1. The topological polar surface area (TPSA) is 68.1 Å². The third-order valence-corrected chi connectivity index (χ3v) is 3.55. The van der Waals surface area contributed by atoms with Crippen LogP contribution in [-0.2, 0) is 4.79 Å². The number of hydrogen-bond donors (Lipinski definition) is 2. The molecule has 4 heteroatoms. The van der Waals surface area contributed by atoms with Gasteiger partial charge < -0.3 is 15.5 Å². The maximum atomic E-state index is 11.3. The van der Waals surface area contributed by atoms with Crippen LogP contribution in [0.3, 0.4) is 0 Å². The number of primary amides is 1. The number of fused-ring (bicyclic) bond motifs is 1. The minimum absolute atomic E-state index is 0.123. The van der Waals surface area contributed by atoms with Crippen LogP contribution in [-0.4, -0.2) is 18.0 Å². The Hall–Kier alpha value is -1.97. The number of nitrogens with two attached hydrogens (primary N) is 1. The van der Waals surface area contributed by atoms with Gasteiger partial charge in [-0.25, -0.2) is 0 Å². The molecule has 0 fully saturated rings. The van der Waals surface area contributed by atoms with Crippen molar-refractivity contribution in [2.45, 2.75) is 26.2 Å². The predicted molar refractivity (Wildman–Crippen MR) is 76.2 cm³/mol. The molecule has 4 nitrogen and oxygen atoms in total. The molecule has 0 spiro atoms. The molecule has 102 valence electrons. The first-order valence-corrected chi connectivity index (χ1v) is 6.46. The first kappa shape index (κ1) is 13.5. The van der Waals surface area contributed by atoms with Gasteiger partial charge in [0.05, 0.1) is 7.11 Å². The van der Waals surface area contributed by atoms with Crippen molar-refractivity contribution < 1.29 is 9.53 Å². The first-order chi connectivity index (χ1) is 9.02. The molecule has 1 atom stereocenters. The van der Waals surface area contributed by atoms with Crippen LogP contribution in [0.5, 0.6) is 5.75 Å². The van der Waals surface area contributed by atoms with Crippen LogP contribution in [0.25, 0.3) is 10.9 Å². The van der Waals surface area contributed by atoms with Crippen molar-refractivity contribution in [1.29, 1.82) is 0 Å². The summed E-state index contributed by atoms with van der Waals surface area (Å²) >= 11 is 0. The van der Waals surface area contributed by atoms with Crippen LogP contribution in [0.4, 0.5) is 0 Å². The van der Waals surface area contributed by atoms with E-state index in [-0.39, 0.29) is 11.8 Å². The zero-order chi connectivity index (χ0) is 14.0. The largest absolute Gasteiger partial charge is 0.497 e. The lowest BCUT2D eigenvalue weighted by Crippen LogP contribution is -2.18. The van der Waals surface area contributed by atoms with E-state index in [4.69, 9.17) is 10.5 Å². The molecule has 0 bridgehead atoms. The number of carbonyl (C=O) groups excluding carboxylic acids is 1. The van der Waals surface area contributed by atoms with E-state index in [1.165, 1.54) is 0 Å². The summed E-state index contributed by atoms with van der Waals surface area (Å²) in [4.78, 5) is 14.5. The molecule has 0 radical (unpaired) electrons. The van der Waals surface area contributed by atoms with Crippen LogP contribution in [0, 0.1) is 5.92 Å². The van der Waals surface area contributed by atoms with Crippen LogP contribution in [0.15, 0.2) is 24.4 Å². The van der Waals surface area contributed by atoms with Crippen molar-refractivity contribution >= 4 is 16.8 Å². The Morgan fingerprint density at radius 1 is 1.42 bits per heavy atom. The highest BCUT2D eigenvalue weighted by Crippen LogP contribution is 2.34. The fraction of sp³-hybridized carbons (Fsp3) is 0.400. The summed E-state index contributed by atoms with van der Waals surface area (Å²) < 4.78 is 5.26. The zero-order valence-electron chi connectivity index (χ0n) is 11.6. The van der Waals surface area contributed by atoms with Gasteiger partial charge >= 0.3 is 0 Å². The van der Waals surface area contributed by atoms with E-state index in [1.54, 1.807) is 7.11 Å². The molecule has 19 heavy (non-hydrogen) atoms. The molecule has 2 rings (SSSR count). The van der Waals surface area contributed by atoms with E-state index in [9.17, 15) is 4.79 Å². The maximum absolute atomic E-state index is 11.3. The van der Waals surface area contributed by atoms with Gasteiger partial charge in [0, 0.05) is 23.5 Å². The summed E-state index contributed by atoms with van der Waals surface area (Å²) in [5.74, 6) is 1.02. The second-order valence-corrected chi connectivity index (χ2v) is 5.18. The summed E-state index contributed by atoms with van der Waals surface area (Å²) in [6.45, 7) is 4.21. The lowest BCUT2D eigenvalue weighted by Gasteiger charge is -2.19. The summed E-state index contributed by atoms with van der Waals surface area (Å²) in [7, 11) is 1.65.